The number of carbonyl (C=O) groups is 1. The summed E-state index contributed by atoms with van der Waals surface area (Å²) in [5.74, 6) is 0. The van der Waals surface area contributed by atoms with Crippen LogP contribution in [0, 0.1) is 6.92 Å². The van der Waals surface area contributed by atoms with Crippen molar-refractivity contribution in [3.63, 3.8) is 0 Å². The number of amides is 1. The second-order valence-corrected chi connectivity index (χ2v) is 4.98. The Hall–Kier alpha value is -2.33. The highest BCUT2D eigenvalue weighted by molar-refractivity contribution is 5.66. The Morgan fingerprint density at radius 1 is 1.05 bits per heavy atom. The van der Waals surface area contributed by atoms with Gasteiger partial charge in [0.25, 0.3) is 0 Å². The lowest BCUT2D eigenvalue weighted by Gasteiger charge is -2.21. The van der Waals surface area contributed by atoms with Crippen molar-refractivity contribution in [2.45, 2.75) is 27.0 Å². The molecule has 0 radical (unpaired) electrons. The molecule has 0 heterocycles. The molecule has 116 valence electrons. The van der Waals surface area contributed by atoms with Gasteiger partial charge in [0.05, 0.1) is 13.2 Å². The molecule has 4 heteroatoms. The maximum atomic E-state index is 12.0. The summed E-state index contributed by atoms with van der Waals surface area (Å²) in [6.07, 6.45) is -0.472. The summed E-state index contributed by atoms with van der Waals surface area (Å²) < 4.78 is 5.06. The first-order chi connectivity index (χ1) is 10.7. The second kappa shape index (κ2) is 8.20. The number of nitrogens with zero attached hydrogens (tertiary/aromatic N) is 1. The molecule has 0 saturated carbocycles. The van der Waals surface area contributed by atoms with Crippen LogP contribution in [0.2, 0.25) is 0 Å². The SMILES string of the molecule is CCOC(=O)N(Cc1cccc(C)c1)OCc1ccccc1. The van der Waals surface area contributed by atoms with E-state index in [1.54, 1.807) is 6.92 Å². The minimum Gasteiger partial charge on any atom is -0.448 e. The molecule has 0 saturated heterocycles. The van der Waals surface area contributed by atoms with Gasteiger partial charge in [0.2, 0.25) is 0 Å². The van der Waals surface area contributed by atoms with Gasteiger partial charge in [-0.15, -0.1) is 0 Å². The Labute approximate surface area is 131 Å². The molecule has 0 spiro atoms. The molecule has 22 heavy (non-hydrogen) atoms. The maximum Gasteiger partial charge on any atom is 0.434 e. The third kappa shape index (κ3) is 4.90. The van der Waals surface area contributed by atoms with E-state index in [4.69, 9.17) is 9.57 Å². The molecule has 0 aromatic heterocycles. The number of hydroxylamine groups is 2. The second-order valence-electron chi connectivity index (χ2n) is 4.98. The fraction of sp³-hybridized carbons (Fsp3) is 0.278. The summed E-state index contributed by atoms with van der Waals surface area (Å²) in [6.45, 7) is 4.79. The van der Waals surface area contributed by atoms with Crippen molar-refractivity contribution >= 4 is 6.09 Å². The minimum atomic E-state index is -0.472. The molecule has 2 aromatic rings. The van der Waals surface area contributed by atoms with E-state index in [0.29, 0.717) is 19.8 Å². The van der Waals surface area contributed by atoms with E-state index < -0.39 is 6.09 Å². The molecular formula is C18H21NO3. The standard InChI is InChI=1S/C18H21NO3/c1-3-21-18(20)19(13-17-11-7-8-15(2)12-17)22-14-16-9-5-4-6-10-16/h4-12H,3,13-14H2,1-2H3. The number of benzene rings is 2. The van der Waals surface area contributed by atoms with E-state index >= 15 is 0 Å². The highest BCUT2D eigenvalue weighted by atomic mass is 16.7. The smallest absolute Gasteiger partial charge is 0.434 e. The predicted octanol–water partition coefficient (Wildman–Crippen LogP) is 4.09. The quantitative estimate of drug-likeness (QED) is 0.754. The van der Waals surface area contributed by atoms with Crippen molar-refractivity contribution < 1.29 is 14.4 Å². The van der Waals surface area contributed by atoms with Crippen molar-refractivity contribution in [2.24, 2.45) is 0 Å². The molecule has 0 bridgehead atoms. The molecule has 0 aliphatic carbocycles. The van der Waals surface area contributed by atoms with Gasteiger partial charge in [-0.2, -0.15) is 5.06 Å². The molecule has 0 N–H and O–H groups in total. The van der Waals surface area contributed by atoms with E-state index in [0.717, 1.165) is 16.7 Å². The predicted molar refractivity (Wildman–Crippen MR) is 85.0 cm³/mol. The third-order valence-electron chi connectivity index (χ3n) is 3.11. The maximum absolute atomic E-state index is 12.0. The van der Waals surface area contributed by atoms with E-state index in [-0.39, 0.29) is 0 Å². The monoisotopic (exact) mass is 299 g/mol. The number of carbonyl (C=O) groups excluding carboxylic acids is 1. The Bertz CT molecular complexity index is 598. The first kappa shape index (κ1) is 16.0. The topological polar surface area (TPSA) is 38.8 Å². The van der Waals surface area contributed by atoms with Gasteiger partial charge < -0.3 is 4.74 Å². The van der Waals surface area contributed by atoms with Crippen LogP contribution < -0.4 is 0 Å². The molecule has 0 fully saturated rings. The zero-order valence-corrected chi connectivity index (χ0v) is 13.0. The van der Waals surface area contributed by atoms with Crippen molar-refractivity contribution in [3.05, 3.63) is 71.3 Å². The van der Waals surface area contributed by atoms with Gasteiger partial charge in [0.15, 0.2) is 0 Å². The minimum absolute atomic E-state index is 0.317. The third-order valence-corrected chi connectivity index (χ3v) is 3.11. The van der Waals surface area contributed by atoms with Gasteiger partial charge in [-0.1, -0.05) is 60.2 Å². The lowest BCUT2D eigenvalue weighted by atomic mass is 10.1. The van der Waals surface area contributed by atoms with Gasteiger partial charge in [-0.25, -0.2) is 4.79 Å². The zero-order valence-electron chi connectivity index (χ0n) is 13.0. The van der Waals surface area contributed by atoms with Crippen molar-refractivity contribution in [1.29, 1.82) is 0 Å². The van der Waals surface area contributed by atoms with Crippen molar-refractivity contribution in [1.82, 2.24) is 5.06 Å². The zero-order chi connectivity index (χ0) is 15.8. The van der Waals surface area contributed by atoms with Crippen LogP contribution in [0.1, 0.15) is 23.6 Å². The average Bonchev–Trinajstić information content (AvgIpc) is 2.52. The van der Waals surface area contributed by atoms with E-state index in [9.17, 15) is 4.79 Å². The fourth-order valence-corrected chi connectivity index (χ4v) is 2.06. The molecule has 1 amide bonds. The molecular weight excluding hydrogens is 278 g/mol. The number of rotatable bonds is 6. The van der Waals surface area contributed by atoms with Crippen LogP contribution in [-0.4, -0.2) is 17.8 Å². The summed E-state index contributed by atoms with van der Waals surface area (Å²) in [5, 5.41) is 1.27. The van der Waals surface area contributed by atoms with E-state index in [1.165, 1.54) is 5.06 Å². The lowest BCUT2D eigenvalue weighted by Crippen LogP contribution is -2.31. The summed E-state index contributed by atoms with van der Waals surface area (Å²) in [6, 6.07) is 17.7. The average molecular weight is 299 g/mol. The van der Waals surface area contributed by atoms with Crippen LogP contribution in [0.4, 0.5) is 4.79 Å². The molecule has 0 atom stereocenters. The Kier molecular flexibility index (Phi) is 5.98. The van der Waals surface area contributed by atoms with E-state index in [2.05, 4.69) is 0 Å². The largest absolute Gasteiger partial charge is 0.448 e. The molecule has 0 aliphatic heterocycles. The number of hydrogen-bond acceptors (Lipinski definition) is 3. The van der Waals surface area contributed by atoms with E-state index in [1.807, 2.05) is 61.5 Å². The molecule has 0 unspecified atom stereocenters. The van der Waals surface area contributed by atoms with Crippen molar-refractivity contribution in [3.8, 4) is 0 Å². The van der Waals surface area contributed by atoms with Gasteiger partial charge in [0, 0.05) is 0 Å². The number of aryl methyl sites for hydroxylation is 1. The van der Waals surface area contributed by atoms with Gasteiger partial charge in [-0.3, -0.25) is 4.84 Å². The Balaban J connectivity index is 2.04. The van der Waals surface area contributed by atoms with Gasteiger partial charge in [0.1, 0.15) is 6.61 Å². The molecule has 0 aliphatic rings. The molecule has 2 aromatic carbocycles. The van der Waals surface area contributed by atoms with Crippen LogP contribution in [0.25, 0.3) is 0 Å². The van der Waals surface area contributed by atoms with Crippen LogP contribution in [0.3, 0.4) is 0 Å². The van der Waals surface area contributed by atoms with Gasteiger partial charge in [-0.05, 0) is 25.0 Å². The van der Waals surface area contributed by atoms with Crippen LogP contribution in [0.5, 0.6) is 0 Å². The number of ether oxygens (including phenoxy) is 1. The summed E-state index contributed by atoms with van der Waals surface area (Å²) >= 11 is 0. The molecule has 4 nitrogen and oxygen atoms in total. The highest BCUT2D eigenvalue weighted by Gasteiger charge is 2.16. The number of hydrogen-bond donors (Lipinski definition) is 0. The summed E-state index contributed by atoms with van der Waals surface area (Å²) in [4.78, 5) is 17.7. The fourth-order valence-electron chi connectivity index (χ4n) is 2.06. The Morgan fingerprint density at radius 2 is 1.77 bits per heavy atom. The first-order valence-electron chi connectivity index (χ1n) is 7.35. The summed E-state index contributed by atoms with van der Waals surface area (Å²) in [7, 11) is 0. The highest BCUT2D eigenvalue weighted by Crippen LogP contribution is 2.11. The van der Waals surface area contributed by atoms with Crippen molar-refractivity contribution in [2.75, 3.05) is 6.61 Å². The van der Waals surface area contributed by atoms with Crippen LogP contribution in [-0.2, 0) is 22.7 Å². The normalized spacial score (nSPS) is 10.3. The summed E-state index contributed by atoms with van der Waals surface area (Å²) in [5.41, 5.74) is 3.14. The van der Waals surface area contributed by atoms with Crippen LogP contribution in [0.15, 0.2) is 54.6 Å². The Morgan fingerprint density at radius 3 is 2.45 bits per heavy atom. The molecule has 2 rings (SSSR count). The first-order valence-corrected chi connectivity index (χ1v) is 7.35. The lowest BCUT2D eigenvalue weighted by molar-refractivity contribution is -0.152. The van der Waals surface area contributed by atoms with Crippen LogP contribution >= 0.6 is 0 Å². The van der Waals surface area contributed by atoms with Gasteiger partial charge >= 0.3 is 6.09 Å².